The lowest BCUT2D eigenvalue weighted by molar-refractivity contribution is 0.885. The molecule has 0 fully saturated rings. The van der Waals surface area contributed by atoms with E-state index in [-0.39, 0.29) is 0 Å². The van der Waals surface area contributed by atoms with Crippen LogP contribution < -0.4 is 0 Å². The molecular formula is C14H16BrNS. The number of rotatable bonds is 4. The summed E-state index contributed by atoms with van der Waals surface area (Å²) in [4.78, 5) is 6.12. The van der Waals surface area contributed by atoms with Gasteiger partial charge >= 0.3 is 0 Å². The van der Waals surface area contributed by atoms with Crippen molar-refractivity contribution in [1.29, 1.82) is 0 Å². The molecule has 0 amide bonds. The molecule has 90 valence electrons. The van der Waals surface area contributed by atoms with Gasteiger partial charge in [-0.15, -0.1) is 11.3 Å². The largest absolute Gasteiger partial charge is 0.241 e. The number of nitrogens with zero attached hydrogens (tertiary/aromatic N) is 1. The lowest BCUT2D eigenvalue weighted by Crippen LogP contribution is -1.87. The summed E-state index contributed by atoms with van der Waals surface area (Å²) in [7, 11) is 0. The van der Waals surface area contributed by atoms with Crippen LogP contribution in [0.2, 0.25) is 0 Å². The molecule has 1 aromatic carbocycles. The van der Waals surface area contributed by atoms with Crippen LogP contribution in [0.15, 0.2) is 24.3 Å². The summed E-state index contributed by atoms with van der Waals surface area (Å²) < 4.78 is 0. The van der Waals surface area contributed by atoms with E-state index in [1.165, 1.54) is 21.7 Å². The number of aromatic nitrogens is 1. The molecule has 0 atom stereocenters. The van der Waals surface area contributed by atoms with Gasteiger partial charge in [-0.1, -0.05) is 59.1 Å². The maximum Gasteiger partial charge on any atom is 0.123 e. The third kappa shape index (κ3) is 2.96. The van der Waals surface area contributed by atoms with Gasteiger partial charge in [0.05, 0.1) is 5.69 Å². The standard InChI is InChI=1S/C14H16BrNS/c1-3-4-12-13(9-15)17-14(16-12)11-7-5-10(2)6-8-11/h5-8H,3-4,9H2,1-2H3. The fourth-order valence-corrected chi connectivity index (χ4v) is 3.37. The summed E-state index contributed by atoms with van der Waals surface area (Å²) in [6, 6.07) is 8.60. The lowest BCUT2D eigenvalue weighted by Gasteiger charge is -1.96. The summed E-state index contributed by atoms with van der Waals surface area (Å²) in [6.45, 7) is 4.31. The third-order valence-corrected chi connectivity index (χ3v) is 4.76. The highest BCUT2D eigenvalue weighted by Gasteiger charge is 2.10. The maximum absolute atomic E-state index is 4.76. The topological polar surface area (TPSA) is 12.9 Å². The first-order valence-electron chi connectivity index (χ1n) is 5.86. The number of thiazole rings is 1. The zero-order valence-corrected chi connectivity index (χ0v) is 12.6. The summed E-state index contributed by atoms with van der Waals surface area (Å²) in [5.74, 6) is 0. The second kappa shape index (κ2) is 5.78. The van der Waals surface area contributed by atoms with Crippen molar-refractivity contribution in [2.24, 2.45) is 0 Å². The van der Waals surface area contributed by atoms with Crippen LogP contribution in [-0.4, -0.2) is 4.98 Å². The third-order valence-electron chi connectivity index (χ3n) is 2.68. The van der Waals surface area contributed by atoms with Gasteiger partial charge in [0.25, 0.3) is 0 Å². The molecule has 0 aliphatic heterocycles. The van der Waals surface area contributed by atoms with Crippen LogP contribution in [0.5, 0.6) is 0 Å². The Hall–Kier alpha value is -0.670. The van der Waals surface area contributed by atoms with Crippen molar-refractivity contribution < 1.29 is 0 Å². The van der Waals surface area contributed by atoms with Crippen molar-refractivity contribution in [3.05, 3.63) is 40.4 Å². The molecule has 0 aliphatic rings. The number of hydrogen-bond acceptors (Lipinski definition) is 2. The van der Waals surface area contributed by atoms with E-state index < -0.39 is 0 Å². The maximum atomic E-state index is 4.76. The van der Waals surface area contributed by atoms with Crippen molar-refractivity contribution in [2.45, 2.75) is 32.0 Å². The molecule has 1 heterocycles. The van der Waals surface area contributed by atoms with Crippen molar-refractivity contribution in [2.75, 3.05) is 0 Å². The molecule has 2 rings (SSSR count). The van der Waals surface area contributed by atoms with Gasteiger partial charge in [0, 0.05) is 15.8 Å². The fraction of sp³-hybridized carbons (Fsp3) is 0.357. The highest BCUT2D eigenvalue weighted by Crippen LogP contribution is 2.30. The van der Waals surface area contributed by atoms with E-state index in [0.717, 1.165) is 23.2 Å². The minimum Gasteiger partial charge on any atom is -0.241 e. The second-order valence-corrected chi connectivity index (χ2v) is 5.78. The number of aryl methyl sites for hydroxylation is 2. The van der Waals surface area contributed by atoms with Gasteiger partial charge < -0.3 is 0 Å². The van der Waals surface area contributed by atoms with Crippen LogP contribution in [0.1, 0.15) is 29.5 Å². The number of alkyl halides is 1. The Balaban J connectivity index is 2.35. The Labute approximate surface area is 115 Å². The van der Waals surface area contributed by atoms with E-state index in [1.807, 2.05) is 0 Å². The molecule has 0 unspecified atom stereocenters. The van der Waals surface area contributed by atoms with E-state index >= 15 is 0 Å². The van der Waals surface area contributed by atoms with Crippen LogP contribution in [0.4, 0.5) is 0 Å². The Kier molecular flexibility index (Phi) is 4.35. The quantitative estimate of drug-likeness (QED) is 0.727. The predicted molar refractivity (Wildman–Crippen MR) is 78.9 cm³/mol. The Morgan fingerprint density at radius 3 is 2.53 bits per heavy atom. The lowest BCUT2D eigenvalue weighted by atomic mass is 10.1. The van der Waals surface area contributed by atoms with Gasteiger partial charge in [-0.05, 0) is 13.3 Å². The van der Waals surface area contributed by atoms with Crippen LogP contribution in [-0.2, 0) is 11.8 Å². The highest BCUT2D eigenvalue weighted by atomic mass is 79.9. The van der Waals surface area contributed by atoms with Gasteiger partial charge in [-0.3, -0.25) is 0 Å². The van der Waals surface area contributed by atoms with Gasteiger partial charge in [-0.2, -0.15) is 0 Å². The summed E-state index contributed by atoms with van der Waals surface area (Å²) >= 11 is 5.35. The van der Waals surface area contributed by atoms with Crippen molar-refractivity contribution in [3.8, 4) is 10.6 Å². The number of hydrogen-bond donors (Lipinski definition) is 0. The number of benzene rings is 1. The smallest absolute Gasteiger partial charge is 0.123 e. The molecule has 1 nitrogen and oxygen atoms in total. The molecule has 0 N–H and O–H groups in total. The van der Waals surface area contributed by atoms with Crippen LogP contribution in [0.25, 0.3) is 10.6 Å². The molecule has 0 radical (unpaired) electrons. The monoisotopic (exact) mass is 309 g/mol. The van der Waals surface area contributed by atoms with E-state index in [0.29, 0.717) is 0 Å². The Bertz CT molecular complexity index is 487. The van der Waals surface area contributed by atoms with Gasteiger partial charge in [0.1, 0.15) is 5.01 Å². The molecule has 2 aromatic rings. The predicted octanol–water partition coefficient (Wildman–Crippen LogP) is 4.97. The first kappa shape index (κ1) is 12.8. The minimum absolute atomic E-state index is 0.909. The molecule has 3 heteroatoms. The van der Waals surface area contributed by atoms with E-state index in [4.69, 9.17) is 4.98 Å². The van der Waals surface area contributed by atoms with E-state index in [2.05, 4.69) is 54.0 Å². The van der Waals surface area contributed by atoms with Crippen molar-refractivity contribution in [3.63, 3.8) is 0 Å². The van der Waals surface area contributed by atoms with Gasteiger partial charge in [0.15, 0.2) is 0 Å². The molecule has 1 aromatic heterocycles. The zero-order valence-electron chi connectivity index (χ0n) is 10.2. The molecular weight excluding hydrogens is 294 g/mol. The number of halogens is 1. The molecule has 0 saturated heterocycles. The van der Waals surface area contributed by atoms with Gasteiger partial charge in [0.2, 0.25) is 0 Å². The average Bonchev–Trinajstić information content (AvgIpc) is 2.74. The molecule has 0 saturated carbocycles. The molecule has 0 spiro atoms. The van der Waals surface area contributed by atoms with Crippen LogP contribution >= 0.6 is 27.3 Å². The molecule has 0 bridgehead atoms. The molecule has 0 aliphatic carbocycles. The summed E-state index contributed by atoms with van der Waals surface area (Å²) in [6.07, 6.45) is 2.22. The van der Waals surface area contributed by atoms with Crippen LogP contribution in [0, 0.1) is 6.92 Å². The summed E-state index contributed by atoms with van der Waals surface area (Å²) in [5.41, 5.74) is 3.77. The minimum atomic E-state index is 0.909. The van der Waals surface area contributed by atoms with Crippen molar-refractivity contribution >= 4 is 27.3 Å². The second-order valence-electron chi connectivity index (χ2n) is 4.14. The highest BCUT2D eigenvalue weighted by molar-refractivity contribution is 9.08. The normalized spacial score (nSPS) is 10.8. The van der Waals surface area contributed by atoms with Crippen molar-refractivity contribution in [1.82, 2.24) is 4.98 Å². The van der Waals surface area contributed by atoms with E-state index in [1.54, 1.807) is 11.3 Å². The Morgan fingerprint density at radius 1 is 1.24 bits per heavy atom. The zero-order chi connectivity index (χ0) is 12.3. The first-order chi connectivity index (χ1) is 8.24. The molecule has 17 heavy (non-hydrogen) atoms. The Morgan fingerprint density at radius 2 is 1.94 bits per heavy atom. The van der Waals surface area contributed by atoms with Gasteiger partial charge in [-0.25, -0.2) is 4.98 Å². The fourth-order valence-electron chi connectivity index (χ4n) is 1.74. The van der Waals surface area contributed by atoms with Crippen LogP contribution in [0.3, 0.4) is 0 Å². The SMILES string of the molecule is CCCc1nc(-c2ccc(C)cc2)sc1CBr. The average molecular weight is 310 g/mol. The van der Waals surface area contributed by atoms with E-state index in [9.17, 15) is 0 Å². The summed E-state index contributed by atoms with van der Waals surface area (Å²) in [5, 5.41) is 2.05. The first-order valence-corrected chi connectivity index (χ1v) is 7.80.